The quantitative estimate of drug-likeness (QED) is 0.872. The van der Waals surface area contributed by atoms with Crippen LogP contribution < -0.4 is 14.8 Å². The fourth-order valence-corrected chi connectivity index (χ4v) is 2.27. The van der Waals surface area contributed by atoms with Gasteiger partial charge in [-0.15, -0.1) is 0 Å². The predicted molar refractivity (Wildman–Crippen MR) is 78.5 cm³/mol. The number of hydrogen-bond acceptors (Lipinski definition) is 5. The second-order valence-corrected chi connectivity index (χ2v) is 5.25. The molecule has 1 N–H and O–H groups in total. The lowest BCUT2D eigenvalue weighted by atomic mass is 10.2. The van der Waals surface area contributed by atoms with E-state index >= 15 is 0 Å². The third-order valence-electron chi connectivity index (χ3n) is 3.52. The summed E-state index contributed by atoms with van der Waals surface area (Å²) in [6.07, 6.45) is 4.34. The molecule has 1 aliphatic heterocycles. The lowest BCUT2D eigenvalue weighted by Crippen LogP contribution is -2.41. The molecule has 112 valence electrons. The Morgan fingerprint density at radius 1 is 1.38 bits per heavy atom. The molecule has 3 rings (SSSR count). The molecule has 1 aromatic carbocycles. The monoisotopic (exact) mass is 288 g/mol. The zero-order valence-electron chi connectivity index (χ0n) is 12.1. The molecule has 0 fully saturated rings. The molecule has 2 atom stereocenters. The van der Waals surface area contributed by atoms with Gasteiger partial charge in [0, 0.05) is 19.1 Å². The smallest absolute Gasteiger partial charge is 0.161 e. The summed E-state index contributed by atoms with van der Waals surface area (Å²) in [7, 11) is 0. The number of benzene rings is 1. The van der Waals surface area contributed by atoms with Gasteiger partial charge in [0.05, 0.1) is 0 Å². The van der Waals surface area contributed by atoms with E-state index in [1.54, 1.807) is 12.7 Å². The summed E-state index contributed by atoms with van der Waals surface area (Å²) in [6.45, 7) is 4.38. The molecule has 1 aliphatic rings. The van der Waals surface area contributed by atoms with Crippen molar-refractivity contribution in [1.82, 2.24) is 20.1 Å². The molecule has 0 unspecified atom stereocenters. The number of aryl methyl sites for hydroxylation is 1. The molecule has 21 heavy (non-hydrogen) atoms. The van der Waals surface area contributed by atoms with Crippen LogP contribution in [-0.4, -0.2) is 40.1 Å². The van der Waals surface area contributed by atoms with Gasteiger partial charge in [0.25, 0.3) is 0 Å². The van der Waals surface area contributed by atoms with Crippen LogP contribution in [0, 0.1) is 0 Å². The SMILES string of the molecule is C[C@@H](CCn1cncn1)NC[C@@H]1COc2ccccc2O1. The molecule has 2 heterocycles. The maximum absolute atomic E-state index is 5.92. The summed E-state index contributed by atoms with van der Waals surface area (Å²) in [5, 5.41) is 7.58. The summed E-state index contributed by atoms with van der Waals surface area (Å²) in [4.78, 5) is 3.94. The van der Waals surface area contributed by atoms with E-state index in [9.17, 15) is 0 Å². The maximum Gasteiger partial charge on any atom is 0.161 e. The largest absolute Gasteiger partial charge is 0.486 e. The van der Waals surface area contributed by atoms with Crippen LogP contribution in [0.5, 0.6) is 11.5 Å². The van der Waals surface area contributed by atoms with Crippen LogP contribution in [0.2, 0.25) is 0 Å². The van der Waals surface area contributed by atoms with Gasteiger partial charge in [-0.1, -0.05) is 12.1 Å². The van der Waals surface area contributed by atoms with Gasteiger partial charge in [-0.2, -0.15) is 5.10 Å². The van der Waals surface area contributed by atoms with Gasteiger partial charge < -0.3 is 14.8 Å². The summed E-state index contributed by atoms with van der Waals surface area (Å²) in [5.41, 5.74) is 0. The molecule has 0 saturated heterocycles. The average Bonchev–Trinajstić information content (AvgIpc) is 3.04. The Balaban J connectivity index is 1.41. The van der Waals surface area contributed by atoms with Crippen LogP contribution in [0.1, 0.15) is 13.3 Å². The number of nitrogens with one attached hydrogen (secondary N) is 1. The van der Waals surface area contributed by atoms with Gasteiger partial charge in [-0.05, 0) is 25.5 Å². The summed E-state index contributed by atoms with van der Waals surface area (Å²) >= 11 is 0. The number of hydrogen-bond donors (Lipinski definition) is 1. The van der Waals surface area contributed by atoms with E-state index in [1.165, 1.54) is 0 Å². The molecular formula is C15H20N4O2. The van der Waals surface area contributed by atoms with Crippen LogP contribution in [0.25, 0.3) is 0 Å². The van der Waals surface area contributed by atoms with E-state index in [4.69, 9.17) is 9.47 Å². The molecule has 6 heteroatoms. The molecular weight excluding hydrogens is 268 g/mol. The van der Waals surface area contributed by atoms with Crippen molar-refractivity contribution in [3.63, 3.8) is 0 Å². The third-order valence-corrected chi connectivity index (χ3v) is 3.52. The van der Waals surface area contributed by atoms with Gasteiger partial charge in [0.1, 0.15) is 25.4 Å². The molecule has 0 aliphatic carbocycles. The van der Waals surface area contributed by atoms with Gasteiger partial charge in [0.2, 0.25) is 0 Å². The Bertz CT molecular complexity index is 559. The van der Waals surface area contributed by atoms with Crippen molar-refractivity contribution in [2.75, 3.05) is 13.2 Å². The number of ether oxygens (including phenoxy) is 2. The standard InChI is InChI=1S/C15H20N4O2/c1-12(6-7-19-11-16-10-18-19)17-8-13-9-20-14-4-2-3-5-15(14)21-13/h2-5,10-13,17H,6-9H2,1H3/t12-,13+/m0/s1. The Hall–Kier alpha value is -2.08. The van der Waals surface area contributed by atoms with Crippen molar-refractivity contribution in [3.05, 3.63) is 36.9 Å². The average molecular weight is 288 g/mol. The van der Waals surface area contributed by atoms with Crippen LogP contribution in [0.3, 0.4) is 0 Å². The van der Waals surface area contributed by atoms with Gasteiger partial charge in [-0.3, -0.25) is 4.68 Å². The Morgan fingerprint density at radius 3 is 3.05 bits per heavy atom. The first kappa shape index (κ1) is 13.9. The van der Waals surface area contributed by atoms with Crippen molar-refractivity contribution < 1.29 is 9.47 Å². The third kappa shape index (κ3) is 3.72. The van der Waals surface area contributed by atoms with Crippen molar-refractivity contribution in [2.45, 2.75) is 32.0 Å². The minimum absolute atomic E-state index is 0.0497. The fourth-order valence-electron chi connectivity index (χ4n) is 2.27. The van der Waals surface area contributed by atoms with Crippen molar-refractivity contribution >= 4 is 0 Å². The van der Waals surface area contributed by atoms with Crippen LogP contribution >= 0.6 is 0 Å². The van der Waals surface area contributed by atoms with E-state index in [0.717, 1.165) is 31.0 Å². The highest BCUT2D eigenvalue weighted by Gasteiger charge is 2.20. The molecule has 0 radical (unpaired) electrons. The Morgan fingerprint density at radius 2 is 2.24 bits per heavy atom. The highest BCUT2D eigenvalue weighted by Crippen LogP contribution is 2.30. The number of rotatable bonds is 6. The molecule has 6 nitrogen and oxygen atoms in total. The molecule has 0 spiro atoms. The van der Waals surface area contributed by atoms with E-state index in [0.29, 0.717) is 12.6 Å². The van der Waals surface area contributed by atoms with E-state index < -0.39 is 0 Å². The molecule has 0 saturated carbocycles. The first-order valence-corrected chi connectivity index (χ1v) is 7.25. The van der Waals surface area contributed by atoms with Crippen molar-refractivity contribution in [2.24, 2.45) is 0 Å². The maximum atomic E-state index is 5.92. The minimum atomic E-state index is 0.0497. The topological polar surface area (TPSA) is 61.2 Å². The van der Waals surface area contributed by atoms with Crippen molar-refractivity contribution in [1.29, 1.82) is 0 Å². The lowest BCUT2D eigenvalue weighted by molar-refractivity contribution is 0.0882. The molecule has 1 aromatic heterocycles. The van der Waals surface area contributed by atoms with Crippen LogP contribution in [-0.2, 0) is 6.54 Å². The molecule has 0 amide bonds. The summed E-state index contributed by atoms with van der Waals surface area (Å²) in [5.74, 6) is 1.65. The number of fused-ring (bicyclic) bond motifs is 1. The normalized spacial score (nSPS) is 18.4. The zero-order valence-corrected chi connectivity index (χ0v) is 12.1. The minimum Gasteiger partial charge on any atom is -0.486 e. The number of nitrogens with zero attached hydrogens (tertiary/aromatic N) is 3. The van der Waals surface area contributed by atoms with Gasteiger partial charge >= 0.3 is 0 Å². The number of para-hydroxylation sites is 2. The first-order chi connectivity index (χ1) is 10.3. The summed E-state index contributed by atoms with van der Waals surface area (Å²) in [6, 6.07) is 8.16. The van der Waals surface area contributed by atoms with Gasteiger partial charge in [-0.25, -0.2) is 4.98 Å². The van der Waals surface area contributed by atoms with E-state index in [2.05, 4.69) is 22.3 Å². The second kappa shape index (κ2) is 6.58. The van der Waals surface area contributed by atoms with Crippen LogP contribution in [0.4, 0.5) is 0 Å². The predicted octanol–water partition coefficient (Wildman–Crippen LogP) is 1.49. The molecule has 0 bridgehead atoms. The van der Waals surface area contributed by atoms with Crippen LogP contribution in [0.15, 0.2) is 36.9 Å². The Kier molecular flexibility index (Phi) is 4.35. The van der Waals surface area contributed by atoms with Gasteiger partial charge in [0.15, 0.2) is 11.5 Å². The van der Waals surface area contributed by atoms with E-state index in [-0.39, 0.29) is 6.10 Å². The molecule has 2 aromatic rings. The zero-order chi connectivity index (χ0) is 14.5. The second-order valence-electron chi connectivity index (χ2n) is 5.25. The highest BCUT2D eigenvalue weighted by atomic mass is 16.6. The number of aromatic nitrogens is 3. The van der Waals surface area contributed by atoms with Crippen molar-refractivity contribution in [3.8, 4) is 11.5 Å². The Labute approximate surface area is 124 Å². The first-order valence-electron chi connectivity index (χ1n) is 7.25. The fraction of sp³-hybridized carbons (Fsp3) is 0.467. The van der Waals surface area contributed by atoms with E-state index in [1.807, 2.05) is 28.9 Å². The highest BCUT2D eigenvalue weighted by molar-refractivity contribution is 5.40. The summed E-state index contributed by atoms with van der Waals surface area (Å²) < 4.78 is 13.5. The lowest BCUT2D eigenvalue weighted by Gasteiger charge is -2.27.